The van der Waals surface area contributed by atoms with E-state index in [2.05, 4.69) is 30.2 Å². The minimum Gasteiger partial charge on any atom is -0.394 e. The van der Waals surface area contributed by atoms with Crippen molar-refractivity contribution in [3.05, 3.63) is 120 Å². The lowest BCUT2D eigenvalue weighted by atomic mass is 9.96. The van der Waals surface area contributed by atoms with Gasteiger partial charge in [0.15, 0.2) is 11.6 Å². The van der Waals surface area contributed by atoms with Crippen molar-refractivity contribution in [2.75, 3.05) is 75.1 Å². The maximum absolute atomic E-state index is 12.5. The third-order valence-electron chi connectivity index (χ3n) is 10.9. The highest BCUT2D eigenvalue weighted by Gasteiger charge is 2.29. The molecule has 2 atom stereocenters. The average molecular weight is 855 g/mol. The average Bonchev–Trinajstić information content (AvgIpc) is 3.30. The Bertz CT molecular complexity index is 2110. The number of nitrogens with zero attached hydrogens (tertiary/aromatic N) is 7. The summed E-state index contributed by atoms with van der Waals surface area (Å²) in [6.07, 6.45) is 18.6. The van der Waals surface area contributed by atoms with Gasteiger partial charge < -0.3 is 30.4 Å². The van der Waals surface area contributed by atoms with Crippen molar-refractivity contribution >= 4 is 45.6 Å². The van der Waals surface area contributed by atoms with Gasteiger partial charge in [-0.25, -0.2) is 28.4 Å². The molecule has 2 aliphatic heterocycles. The van der Waals surface area contributed by atoms with Gasteiger partial charge in [-0.05, 0) is 62.1 Å². The maximum atomic E-state index is 12.5. The summed E-state index contributed by atoms with van der Waals surface area (Å²) in [4.78, 5) is 44.1. The third kappa shape index (κ3) is 14.7. The Hall–Kier alpha value is -5.23. The number of anilines is 2. The van der Waals surface area contributed by atoms with Crippen LogP contribution in [0.15, 0.2) is 97.6 Å². The number of aliphatic hydroxyl groups is 3. The summed E-state index contributed by atoms with van der Waals surface area (Å²) in [5.41, 5.74) is 2.77. The molecule has 0 amide bonds. The molecular weight excluding hydrogens is 797 g/mol. The number of Topliss-reactive ketones (excluding diaryl/α,β-unsaturated/α-hetero) is 2. The number of nitrogens with one attached hydrogen (secondary N) is 1. The predicted molar refractivity (Wildman–Crippen MR) is 238 cm³/mol. The fraction of sp³-hybridized carbons (Fsp3) is 0.422. The summed E-state index contributed by atoms with van der Waals surface area (Å²) < 4.78 is 26.5. The number of sulfonamides is 1. The molecule has 4 aromatic rings. The summed E-state index contributed by atoms with van der Waals surface area (Å²) in [5.74, 6) is 1.14. The molecule has 2 aromatic carbocycles. The zero-order valence-corrected chi connectivity index (χ0v) is 35.7. The van der Waals surface area contributed by atoms with Gasteiger partial charge in [-0.1, -0.05) is 85.0 Å². The minimum atomic E-state index is -3.36. The number of hydrogen-bond donors (Lipinski definition) is 4. The second-order valence-electron chi connectivity index (χ2n) is 15.4. The number of piperidine rings is 2. The second-order valence-corrected chi connectivity index (χ2v) is 17.3. The molecule has 0 saturated carbocycles. The van der Waals surface area contributed by atoms with Gasteiger partial charge in [0.05, 0.1) is 24.0 Å². The Morgan fingerprint density at radius 1 is 0.721 bits per heavy atom. The van der Waals surface area contributed by atoms with E-state index in [1.807, 2.05) is 96.8 Å². The number of carbonyl (C=O) groups excluding carboxylic acids is 2. The lowest BCUT2D eigenvalue weighted by molar-refractivity contribution is 0.0897. The second kappa shape index (κ2) is 23.7. The third-order valence-corrected chi connectivity index (χ3v) is 12.2. The molecule has 2 unspecified atom stereocenters. The molecule has 0 radical (unpaired) electrons. The molecule has 0 bridgehead atoms. The van der Waals surface area contributed by atoms with Crippen molar-refractivity contribution < 1.29 is 33.3 Å². The SMILES string of the molecule is CC(/C=C/c1ccccc1)N(CC1CCN(c2ncc(C(=O)CO)cn2)CC1)S(C)(=O)=O.O=C(CO)c1cnc(N2CCC(CNC(/C=C/c3ccccc3)CO)CC2)nc1. The van der Waals surface area contributed by atoms with Gasteiger partial charge in [-0.15, -0.1) is 0 Å². The molecule has 326 valence electrons. The summed E-state index contributed by atoms with van der Waals surface area (Å²) in [6, 6.07) is 19.6. The van der Waals surface area contributed by atoms with E-state index in [1.54, 1.807) is 4.31 Å². The zero-order valence-electron chi connectivity index (χ0n) is 34.9. The lowest BCUT2D eigenvalue weighted by Gasteiger charge is -2.35. The Kier molecular flexibility index (Phi) is 18.2. The molecular formula is C45H58N8O7S. The van der Waals surface area contributed by atoms with E-state index in [1.165, 1.54) is 31.0 Å². The van der Waals surface area contributed by atoms with Crippen LogP contribution < -0.4 is 15.1 Å². The zero-order chi connectivity index (χ0) is 43.6. The van der Waals surface area contributed by atoms with Crippen LogP contribution in [0.4, 0.5) is 11.9 Å². The highest BCUT2D eigenvalue weighted by atomic mass is 32.2. The van der Waals surface area contributed by atoms with Crippen LogP contribution in [-0.2, 0) is 10.0 Å². The van der Waals surface area contributed by atoms with E-state index >= 15 is 0 Å². The molecule has 0 spiro atoms. The Morgan fingerprint density at radius 3 is 1.56 bits per heavy atom. The van der Waals surface area contributed by atoms with Crippen LogP contribution in [0, 0.1) is 11.8 Å². The molecule has 61 heavy (non-hydrogen) atoms. The van der Waals surface area contributed by atoms with E-state index in [0.29, 0.717) is 43.0 Å². The first-order valence-corrected chi connectivity index (χ1v) is 22.5. The van der Waals surface area contributed by atoms with Crippen molar-refractivity contribution in [1.82, 2.24) is 29.6 Å². The minimum absolute atomic E-state index is 0.0619. The quantitative estimate of drug-likeness (QED) is 0.105. The summed E-state index contributed by atoms with van der Waals surface area (Å²) >= 11 is 0. The number of hydrogen-bond acceptors (Lipinski definition) is 14. The fourth-order valence-corrected chi connectivity index (χ4v) is 8.32. The highest BCUT2D eigenvalue weighted by Crippen LogP contribution is 2.24. The normalized spacial score (nSPS) is 16.4. The van der Waals surface area contributed by atoms with E-state index in [9.17, 15) is 23.1 Å². The van der Waals surface area contributed by atoms with Crippen molar-refractivity contribution in [2.45, 2.75) is 44.7 Å². The first-order valence-electron chi connectivity index (χ1n) is 20.7. The van der Waals surface area contributed by atoms with Crippen molar-refractivity contribution in [2.24, 2.45) is 11.8 Å². The van der Waals surface area contributed by atoms with Crippen LogP contribution in [0.5, 0.6) is 0 Å². The largest absolute Gasteiger partial charge is 0.394 e. The molecule has 6 rings (SSSR count). The molecule has 4 heterocycles. The van der Waals surface area contributed by atoms with Crippen LogP contribution in [0.1, 0.15) is 64.4 Å². The Morgan fingerprint density at radius 2 is 1.15 bits per heavy atom. The molecule has 2 aromatic heterocycles. The molecule has 2 saturated heterocycles. The van der Waals surface area contributed by atoms with E-state index < -0.39 is 29.0 Å². The van der Waals surface area contributed by atoms with Crippen molar-refractivity contribution in [3.63, 3.8) is 0 Å². The maximum Gasteiger partial charge on any atom is 0.225 e. The smallest absolute Gasteiger partial charge is 0.225 e. The molecule has 16 heteroatoms. The Balaban J connectivity index is 0.000000232. The van der Waals surface area contributed by atoms with Gasteiger partial charge in [0.2, 0.25) is 21.9 Å². The number of aliphatic hydroxyl groups excluding tert-OH is 3. The fourth-order valence-electron chi connectivity index (χ4n) is 7.16. The number of carbonyl (C=O) groups is 2. The van der Waals surface area contributed by atoms with Crippen LogP contribution in [-0.4, -0.2) is 137 Å². The number of rotatable bonds is 18. The lowest BCUT2D eigenvalue weighted by Crippen LogP contribution is -2.44. The Labute approximate surface area is 359 Å². The van der Waals surface area contributed by atoms with Crippen LogP contribution in [0.3, 0.4) is 0 Å². The van der Waals surface area contributed by atoms with E-state index in [0.717, 1.165) is 56.4 Å². The first kappa shape index (κ1) is 46.8. The van der Waals surface area contributed by atoms with Gasteiger partial charge in [0.25, 0.3) is 0 Å². The number of ketones is 2. The van der Waals surface area contributed by atoms with Crippen LogP contribution in [0.2, 0.25) is 0 Å². The molecule has 2 aliphatic rings. The monoisotopic (exact) mass is 854 g/mol. The van der Waals surface area contributed by atoms with Gasteiger partial charge in [-0.3, -0.25) is 9.59 Å². The standard InChI is InChI=1S/C23H30N4O4S.C22H28N4O3/c1-18(8-9-19-6-4-3-5-7-19)27(32(2,30)31)16-20-10-12-26(13-11-20)23-24-14-21(15-25-23)22(29)17-28;27-15-20(7-6-17-4-2-1-3-5-17)23-12-18-8-10-26(11-9-18)22-24-13-19(14-25-22)21(29)16-28/h3-9,14-15,18,20,28H,10-13,16-17H2,1-2H3;1-7,13-14,18,20,23,27-28H,8-12,15-16H2/b9-8+;7-6+. The van der Waals surface area contributed by atoms with E-state index in [-0.39, 0.29) is 36.0 Å². The molecule has 2 fully saturated rings. The predicted octanol–water partition coefficient (Wildman–Crippen LogP) is 3.76. The van der Waals surface area contributed by atoms with Crippen LogP contribution >= 0.6 is 0 Å². The first-order chi connectivity index (χ1) is 29.5. The summed E-state index contributed by atoms with van der Waals surface area (Å²) in [6.45, 7) is 5.31. The van der Waals surface area contributed by atoms with Crippen molar-refractivity contribution in [1.29, 1.82) is 0 Å². The molecule has 0 aliphatic carbocycles. The van der Waals surface area contributed by atoms with E-state index in [4.69, 9.17) is 10.2 Å². The summed E-state index contributed by atoms with van der Waals surface area (Å²) in [7, 11) is -3.36. The molecule has 4 N–H and O–H groups in total. The number of benzene rings is 2. The van der Waals surface area contributed by atoms with Gasteiger partial charge in [0.1, 0.15) is 13.2 Å². The van der Waals surface area contributed by atoms with Crippen molar-refractivity contribution in [3.8, 4) is 0 Å². The summed E-state index contributed by atoms with van der Waals surface area (Å²) in [5, 5.41) is 30.9. The van der Waals surface area contributed by atoms with Gasteiger partial charge in [-0.2, -0.15) is 4.31 Å². The highest BCUT2D eigenvalue weighted by molar-refractivity contribution is 7.88. The number of aromatic nitrogens is 4. The van der Waals surface area contributed by atoms with Crippen LogP contribution in [0.25, 0.3) is 12.2 Å². The van der Waals surface area contributed by atoms with Gasteiger partial charge in [0, 0.05) is 69.6 Å². The van der Waals surface area contributed by atoms with Gasteiger partial charge >= 0.3 is 0 Å². The molecule has 15 nitrogen and oxygen atoms in total. The topological polar surface area (TPSA) is 202 Å².